The standard InChI is InChI=1S/C18H25NO5/c1-13(15-5-3-4-6-16(15)23-2)11-17(20)19(12-18(21)22)14-7-9-24-10-8-14/h3-6,13-14H,7-12H2,1-2H3,(H,21,22)/t13-/m1/s1. The van der Waals surface area contributed by atoms with Crippen molar-refractivity contribution in [1.82, 2.24) is 4.90 Å². The Morgan fingerprint density at radius 3 is 2.62 bits per heavy atom. The van der Waals surface area contributed by atoms with E-state index in [1.54, 1.807) is 7.11 Å². The first kappa shape index (κ1) is 18.3. The molecule has 1 atom stereocenters. The Labute approximate surface area is 142 Å². The highest BCUT2D eigenvalue weighted by molar-refractivity contribution is 5.82. The number of benzene rings is 1. The van der Waals surface area contributed by atoms with Crippen LogP contribution in [0.1, 0.15) is 37.7 Å². The average Bonchev–Trinajstić information content (AvgIpc) is 2.60. The molecule has 1 aliphatic heterocycles. The minimum atomic E-state index is -0.986. The summed E-state index contributed by atoms with van der Waals surface area (Å²) in [5.74, 6) is -0.430. The molecule has 0 unspecified atom stereocenters. The van der Waals surface area contributed by atoms with Crippen molar-refractivity contribution >= 4 is 11.9 Å². The number of aliphatic carboxylic acids is 1. The summed E-state index contributed by atoms with van der Waals surface area (Å²) in [7, 11) is 1.60. The lowest BCUT2D eigenvalue weighted by Gasteiger charge is -2.34. The van der Waals surface area contributed by atoms with E-state index in [1.165, 1.54) is 4.90 Å². The van der Waals surface area contributed by atoms with Gasteiger partial charge in [0, 0.05) is 25.7 Å². The van der Waals surface area contributed by atoms with E-state index >= 15 is 0 Å². The topological polar surface area (TPSA) is 76.1 Å². The normalized spacial score (nSPS) is 16.4. The number of rotatable bonds is 7. The number of carbonyl (C=O) groups excluding carboxylic acids is 1. The molecule has 0 aliphatic carbocycles. The fourth-order valence-corrected chi connectivity index (χ4v) is 3.13. The molecule has 6 heteroatoms. The van der Waals surface area contributed by atoms with E-state index in [-0.39, 0.29) is 30.8 Å². The molecule has 0 radical (unpaired) electrons. The van der Waals surface area contributed by atoms with Crippen molar-refractivity contribution in [2.75, 3.05) is 26.9 Å². The number of hydrogen-bond acceptors (Lipinski definition) is 4. The fourth-order valence-electron chi connectivity index (χ4n) is 3.13. The van der Waals surface area contributed by atoms with Gasteiger partial charge in [-0.25, -0.2) is 0 Å². The van der Waals surface area contributed by atoms with Crippen LogP contribution < -0.4 is 4.74 Å². The molecule has 0 saturated carbocycles. The average molecular weight is 335 g/mol. The number of hydrogen-bond donors (Lipinski definition) is 1. The molecule has 2 rings (SSSR count). The maximum absolute atomic E-state index is 12.7. The van der Waals surface area contributed by atoms with Crippen LogP contribution in [-0.2, 0) is 14.3 Å². The lowest BCUT2D eigenvalue weighted by atomic mass is 9.95. The zero-order valence-corrected chi connectivity index (χ0v) is 14.2. The summed E-state index contributed by atoms with van der Waals surface area (Å²) >= 11 is 0. The van der Waals surface area contributed by atoms with Crippen molar-refractivity contribution in [2.45, 2.75) is 38.1 Å². The van der Waals surface area contributed by atoms with Gasteiger partial charge in [-0.05, 0) is 30.4 Å². The summed E-state index contributed by atoms with van der Waals surface area (Å²) in [4.78, 5) is 25.4. The Bertz CT molecular complexity index is 568. The third-order valence-corrected chi connectivity index (χ3v) is 4.41. The van der Waals surface area contributed by atoms with E-state index in [0.29, 0.717) is 26.1 Å². The van der Waals surface area contributed by atoms with Crippen LogP contribution in [-0.4, -0.2) is 54.8 Å². The highest BCUT2D eigenvalue weighted by atomic mass is 16.5. The zero-order chi connectivity index (χ0) is 17.5. The molecule has 1 heterocycles. The Balaban J connectivity index is 2.09. The smallest absolute Gasteiger partial charge is 0.323 e. The lowest BCUT2D eigenvalue weighted by molar-refractivity contribution is -0.147. The van der Waals surface area contributed by atoms with Gasteiger partial charge in [0.15, 0.2) is 0 Å². The Hall–Kier alpha value is -2.08. The summed E-state index contributed by atoms with van der Waals surface area (Å²) in [6.45, 7) is 2.83. The van der Waals surface area contributed by atoms with Crippen LogP contribution in [0, 0.1) is 0 Å². The van der Waals surface area contributed by atoms with Gasteiger partial charge in [0.25, 0.3) is 0 Å². The third kappa shape index (κ3) is 4.71. The molecule has 24 heavy (non-hydrogen) atoms. The Kier molecular flexibility index (Phi) is 6.61. The molecule has 1 aromatic carbocycles. The number of carbonyl (C=O) groups is 2. The summed E-state index contributed by atoms with van der Waals surface area (Å²) in [6, 6.07) is 7.53. The van der Waals surface area contributed by atoms with E-state index < -0.39 is 5.97 Å². The molecule has 0 bridgehead atoms. The Morgan fingerprint density at radius 1 is 1.33 bits per heavy atom. The first-order valence-corrected chi connectivity index (χ1v) is 8.24. The first-order valence-electron chi connectivity index (χ1n) is 8.24. The van der Waals surface area contributed by atoms with Crippen LogP contribution >= 0.6 is 0 Å². The van der Waals surface area contributed by atoms with Crippen LogP contribution in [0.15, 0.2) is 24.3 Å². The van der Waals surface area contributed by atoms with Crippen molar-refractivity contribution in [3.8, 4) is 5.75 Å². The van der Waals surface area contributed by atoms with Crippen molar-refractivity contribution in [1.29, 1.82) is 0 Å². The third-order valence-electron chi connectivity index (χ3n) is 4.41. The fraction of sp³-hybridized carbons (Fsp3) is 0.556. The molecule has 1 aliphatic rings. The number of para-hydroxylation sites is 1. The van der Waals surface area contributed by atoms with E-state index in [4.69, 9.17) is 14.6 Å². The molecule has 6 nitrogen and oxygen atoms in total. The maximum atomic E-state index is 12.7. The molecule has 1 fully saturated rings. The van der Waals surface area contributed by atoms with Gasteiger partial charge in [0.1, 0.15) is 12.3 Å². The number of methoxy groups -OCH3 is 1. The minimum Gasteiger partial charge on any atom is -0.496 e. The van der Waals surface area contributed by atoms with Crippen LogP contribution in [0.25, 0.3) is 0 Å². The SMILES string of the molecule is COc1ccccc1[C@H](C)CC(=O)N(CC(=O)O)C1CCOCC1. The largest absolute Gasteiger partial charge is 0.496 e. The van der Waals surface area contributed by atoms with Crippen LogP contribution in [0.2, 0.25) is 0 Å². The minimum absolute atomic E-state index is 0.0511. The Morgan fingerprint density at radius 2 is 2.00 bits per heavy atom. The summed E-state index contributed by atoms with van der Waals surface area (Å²) in [5, 5.41) is 9.15. The van der Waals surface area contributed by atoms with Crippen molar-refractivity contribution in [3.05, 3.63) is 29.8 Å². The van der Waals surface area contributed by atoms with Gasteiger partial charge >= 0.3 is 5.97 Å². The van der Waals surface area contributed by atoms with Gasteiger partial charge in [0.2, 0.25) is 5.91 Å². The monoisotopic (exact) mass is 335 g/mol. The molecule has 1 amide bonds. The van der Waals surface area contributed by atoms with E-state index in [9.17, 15) is 9.59 Å². The second-order valence-electron chi connectivity index (χ2n) is 6.11. The second-order valence-corrected chi connectivity index (χ2v) is 6.11. The quantitative estimate of drug-likeness (QED) is 0.827. The number of carboxylic acid groups (broad SMARTS) is 1. The van der Waals surface area contributed by atoms with Crippen molar-refractivity contribution in [3.63, 3.8) is 0 Å². The van der Waals surface area contributed by atoms with Gasteiger partial charge in [-0.1, -0.05) is 25.1 Å². The molecule has 132 valence electrons. The van der Waals surface area contributed by atoms with Gasteiger partial charge in [-0.3, -0.25) is 9.59 Å². The molecule has 0 spiro atoms. The molecule has 1 aromatic rings. The summed E-state index contributed by atoms with van der Waals surface area (Å²) in [5.41, 5.74) is 0.954. The highest BCUT2D eigenvalue weighted by Gasteiger charge is 2.29. The predicted molar refractivity (Wildman–Crippen MR) is 89.2 cm³/mol. The van der Waals surface area contributed by atoms with Crippen molar-refractivity contribution < 1.29 is 24.2 Å². The van der Waals surface area contributed by atoms with Crippen LogP contribution in [0.5, 0.6) is 5.75 Å². The molecular formula is C18H25NO5. The van der Waals surface area contributed by atoms with E-state index in [0.717, 1.165) is 11.3 Å². The second kappa shape index (κ2) is 8.68. The number of amides is 1. The van der Waals surface area contributed by atoms with E-state index in [1.807, 2.05) is 31.2 Å². The number of ether oxygens (including phenoxy) is 2. The van der Waals surface area contributed by atoms with Crippen LogP contribution in [0.3, 0.4) is 0 Å². The number of nitrogens with zero attached hydrogens (tertiary/aromatic N) is 1. The highest BCUT2D eigenvalue weighted by Crippen LogP contribution is 2.29. The van der Waals surface area contributed by atoms with Gasteiger partial charge in [0.05, 0.1) is 7.11 Å². The number of carboxylic acids is 1. The predicted octanol–water partition coefficient (Wildman–Crippen LogP) is 2.28. The van der Waals surface area contributed by atoms with Gasteiger partial charge in [-0.15, -0.1) is 0 Å². The van der Waals surface area contributed by atoms with Crippen LogP contribution in [0.4, 0.5) is 0 Å². The zero-order valence-electron chi connectivity index (χ0n) is 14.2. The van der Waals surface area contributed by atoms with Gasteiger partial charge < -0.3 is 19.5 Å². The maximum Gasteiger partial charge on any atom is 0.323 e. The lowest BCUT2D eigenvalue weighted by Crippen LogP contribution is -2.46. The first-order chi connectivity index (χ1) is 11.5. The molecular weight excluding hydrogens is 310 g/mol. The van der Waals surface area contributed by atoms with E-state index in [2.05, 4.69) is 0 Å². The molecule has 1 N–H and O–H groups in total. The summed E-state index contributed by atoms with van der Waals surface area (Å²) in [6.07, 6.45) is 1.62. The van der Waals surface area contributed by atoms with Crippen molar-refractivity contribution in [2.24, 2.45) is 0 Å². The van der Waals surface area contributed by atoms with Gasteiger partial charge in [-0.2, -0.15) is 0 Å². The molecule has 1 saturated heterocycles. The molecule has 0 aromatic heterocycles. The summed E-state index contributed by atoms with van der Waals surface area (Å²) < 4.78 is 10.7.